The molecule has 2 fully saturated rings. The van der Waals surface area contributed by atoms with Gasteiger partial charge >= 0.3 is 0 Å². The Labute approximate surface area is 160 Å². The van der Waals surface area contributed by atoms with Crippen molar-refractivity contribution in [3.05, 3.63) is 0 Å². The fourth-order valence-electron chi connectivity index (χ4n) is 3.76. The molecular weight excluding hydrogens is 328 g/mol. The smallest absolute Gasteiger partial charge is 0.149 e. The number of carbonyl (C=O) groups is 1. The molecule has 2 rings (SSSR count). The van der Waals surface area contributed by atoms with Crippen molar-refractivity contribution >= 4 is 5.78 Å². The molecule has 0 amide bonds. The second-order valence-electron chi connectivity index (χ2n) is 8.20. The molecule has 0 spiro atoms. The van der Waals surface area contributed by atoms with Crippen molar-refractivity contribution in [1.29, 1.82) is 0 Å². The van der Waals surface area contributed by atoms with Crippen LogP contribution in [0.2, 0.25) is 0 Å². The molecule has 26 heavy (non-hydrogen) atoms. The van der Waals surface area contributed by atoms with Gasteiger partial charge in [0.15, 0.2) is 0 Å². The predicted molar refractivity (Wildman–Crippen MR) is 107 cm³/mol. The first-order valence-electron chi connectivity index (χ1n) is 10.5. The number of rotatable bonds is 11. The molecule has 0 unspecified atom stereocenters. The van der Waals surface area contributed by atoms with Crippen LogP contribution in [0.15, 0.2) is 0 Å². The summed E-state index contributed by atoms with van der Waals surface area (Å²) >= 11 is 0. The van der Waals surface area contributed by atoms with Crippen molar-refractivity contribution in [1.82, 2.24) is 20.0 Å². The Morgan fingerprint density at radius 2 is 1.65 bits per heavy atom. The molecule has 2 aliphatic rings. The maximum absolute atomic E-state index is 11.9. The van der Waals surface area contributed by atoms with E-state index in [1.54, 1.807) is 0 Å². The van der Waals surface area contributed by atoms with Gasteiger partial charge in [-0.25, -0.2) is 0 Å². The minimum Gasteiger partial charge on any atom is -0.379 e. The Morgan fingerprint density at radius 1 is 1.00 bits per heavy atom. The highest BCUT2D eigenvalue weighted by molar-refractivity contribution is 5.82. The van der Waals surface area contributed by atoms with Crippen molar-refractivity contribution in [2.24, 2.45) is 11.8 Å². The van der Waals surface area contributed by atoms with Gasteiger partial charge in [0.05, 0.1) is 19.8 Å². The zero-order valence-electron chi connectivity index (χ0n) is 17.2. The minimum absolute atomic E-state index is 0.165. The number of nitrogens with one attached hydrogen (secondary N) is 1. The van der Waals surface area contributed by atoms with Crippen molar-refractivity contribution in [3.8, 4) is 0 Å². The molecule has 6 nitrogen and oxygen atoms in total. The van der Waals surface area contributed by atoms with Crippen LogP contribution in [0.4, 0.5) is 0 Å². The third-order valence-corrected chi connectivity index (χ3v) is 5.76. The molecule has 1 N–H and O–H groups in total. The Bertz CT molecular complexity index is 389. The average molecular weight is 369 g/mol. The van der Waals surface area contributed by atoms with Crippen molar-refractivity contribution in [3.63, 3.8) is 0 Å². The van der Waals surface area contributed by atoms with E-state index in [1.165, 1.54) is 32.5 Å². The van der Waals surface area contributed by atoms with Gasteiger partial charge in [-0.1, -0.05) is 13.8 Å². The summed E-state index contributed by atoms with van der Waals surface area (Å²) in [4.78, 5) is 19.4. The summed E-state index contributed by atoms with van der Waals surface area (Å²) in [7, 11) is 1.96. The van der Waals surface area contributed by atoms with Gasteiger partial charge in [-0.3, -0.25) is 14.6 Å². The van der Waals surface area contributed by atoms with Gasteiger partial charge in [-0.2, -0.15) is 0 Å². The SMILES string of the molecule is CNCCOCCN1CCN(CC2CCN(CC(=O)C(C)C)CC2)CC1. The molecule has 2 aliphatic heterocycles. The first kappa shape index (κ1) is 21.8. The number of likely N-dealkylation sites (tertiary alicyclic amines) is 1. The van der Waals surface area contributed by atoms with Gasteiger partial charge in [0.25, 0.3) is 0 Å². The van der Waals surface area contributed by atoms with E-state index < -0.39 is 0 Å². The van der Waals surface area contributed by atoms with E-state index in [4.69, 9.17) is 4.74 Å². The Kier molecular flexibility index (Phi) is 10.1. The van der Waals surface area contributed by atoms with Crippen LogP contribution >= 0.6 is 0 Å². The third-order valence-electron chi connectivity index (χ3n) is 5.76. The molecule has 2 heterocycles. The number of Topliss-reactive ketones (excluding diaryl/α,β-unsaturated/α-hetero) is 1. The van der Waals surface area contributed by atoms with E-state index in [0.717, 1.165) is 58.4 Å². The van der Waals surface area contributed by atoms with Crippen molar-refractivity contribution in [2.75, 3.05) is 85.7 Å². The summed E-state index contributed by atoms with van der Waals surface area (Å²) in [5, 5.41) is 3.10. The summed E-state index contributed by atoms with van der Waals surface area (Å²) in [5.41, 5.74) is 0. The zero-order chi connectivity index (χ0) is 18.8. The lowest BCUT2D eigenvalue weighted by Crippen LogP contribution is -2.49. The lowest BCUT2D eigenvalue weighted by atomic mass is 9.95. The molecular formula is C20H40N4O2. The normalized spacial score (nSPS) is 21.5. The van der Waals surface area contributed by atoms with Crippen LogP contribution in [0.1, 0.15) is 26.7 Å². The largest absolute Gasteiger partial charge is 0.379 e. The summed E-state index contributed by atoms with van der Waals surface area (Å²) in [6.07, 6.45) is 2.48. The fourth-order valence-corrected chi connectivity index (χ4v) is 3.76. The topological polar surface area (TPSA) is 48.1 Å². The molecule has 0 atom stereocenters. The second-order valence-corrected chi connectivity index (χ2v) is 8.20. The van der Waals surface area contributed by atoms with Crippen LogP contribution in [0.5, 0.6) is 0 Å². The number of piperidine rings is 1. The van der Waals surface area contributed by atoms with Crippen LogP contribution in [0.3, 0.4) is 0 Å². The lowest BCUT2D eigenvalue weighted by molar-refractivity contribution is -0.123. The monoisotopic (exact) mass is 368 g/mol. The van der Waals surface area contributed by atoms with Crippen LogP contribution in [0, 0.1) is 11.8 Å². The van der Waals surface area contributed by atoms with Crippen molar-refractivity contribution in [2.45, 2.75) is 26.7 Å². The molecule has 0 aromatic heterocycles. The summed E-state index contributed by atoms with van der Waals surface area (Å²) in [6, 6.07) is 0. The Hall–Kier alpha value is -0.530. The molecule has 0 radical (unpaired) electrons. The van der Waals surface area contributed by atoms with E-state index in [0.29, 0.717) is 12.3 Å². The molecule has 0 aromatic carbocycles. The Balaban J connectivity index is 1.54. The highest BCUT2D eigenvalue weighted by atomic mass is 16.5. The number of likely N-dealkylation sites (N-methyl/N-ethyl adjacent to an activating group) is 1. The summed E-state index contributed by atoms with van der Waals surface area (Å²) < 4.78 is 5.63. The lowest BCUT2D eigenvalue weighted by Gasteiger charge is -2.38. The van der Waals surface area contributed by atoms with E-state index >= 15 is 0 Å². The van der Waals surface area contributed by atoms with E-state index in [-0.39, 0.29) is 5.92 Å². The minimum atomic E-state index is 0.165. The van der Waals surface area contributed by atoms with Gasteiger partial charge in [0.1, 0.15) is 5.78 Å². The fraction of sp³-hybridized carbons (Fsp3) is 0.950. The van der Waals surface area contributed by atoms with Crippen LogP contribution in [-0.2, 0) is 9.53 Å². The second kappa shape index (κ2) is 12.0. The first-order chi connectivity index (χ1) is 12.6. The molecule has 6 heteroatoms. The van der Waals surface area contributed by atoms with E-state index in [9.17, 15) is 4.79 Å². The molecule has 0 saturated carbocycles. The molecule has 152 valence electrons. The number of nitrogens with zero attached hydrogens (tertiary/aromatic N) is 3. The highest BCUT2D eigenvalue weighted by Gasteiger charge is 2.25. The predicted octanol–water partition coefficient (Wildman–Crippen LogP) is 0.777. The standard InChI is InChI=1S/C20H40N4O2/c1-18(2)20(25)17-23-7-4-19(5-8-23)16-24-11-9-22(10-12-24)13-15-26-14-6-21-3/h18-19,21H,4-17H2,1-3H3. The van der Waals surface area contributed by atoms with Gasteiger partial charge < -0.3 is 15.0 Å². The molecule has 0 aliphatic carbocycles. The first-order valence-corrected chi connectivity index (χ1v) is 10.5. The van der Waals surface area contributed by atoms with Crippen molar-refractivity contribution < 1.29 is 9.53 Å². The third kappa shape index (κ3) is 8.01. The van der Waals surface area contributed by atoms with E-state index in [2.05, 4.69) is 20.0 Å². The van der Waals surface area contributed by atoms with Gasteiger partial charge in [-0.15, -0.1) is 0 Å². The number of piperazine rings is 1. The number of hydrogen-bond donors (Lipinski definition) is 1. The molecule has 0 aromatic rings. The zero-order valence-corrected chi connectivity index (χ0v) is 17.2. The summed E-state index contributed by atoms with van der Waals surface area (Å²) in [6.45, 7) is 16.4. The quantitative estimate of drug-likeness (QED) is 0.544. The highest BCUT2D eigenvalue weighted by Crippen LogP contribution is 2.19. The van der Waals surface area contributed by atoms with E-state index in [1.807, 2.05) is 20.9 Å². The Morgan fingerprint density at radius 3 is 2.27 bits per heavy atom. The van der Waals surface area contributed by atoms with Crippen LogP contribution < -0.4 is 5.32 Å². The number of ether oxygens (including phenoxy) is 1. The van der Waals surface area contributed by atoms with Crippen LogP contribution in [0.25, 0.3) is 0 Å². The maximum Gasteiger partial charge on any atom is 0.149 e. The number of ketones is 1. The van der Waals surface area contributed by atoms with Gasteiger partial charge in [-0.05, 0) is 38.9 Å². The number of carbonyl (C=O) groups excluding carboxylic acids is 1. The molecule has 0 bridgehead atoms. The van der Waals surface area contributed by atoms with Gasteiger partial charge in [0.2, 0.25) is 0 Å². The van der Waals surface area contributed by atoms with Gasteiger partial charge in [0, 0.05) is 51.7 Å². The van der Waals surface area contributed by atoms with Crippen LogP contribution in [-0.4, -0.2) is 106 Å². The summed E-state index contributed by atoms with van der Waals surface area (Å²) in [5.74, 6) is 1.35. The average Bonchev–Trinajstić information content (AvgIpc) is 2.64. The molecule has 2 saturated heterocycles. The maximum atomic E-state index is 11.9. The number of hydrogen-bond acceptors (Lipinski definition) is 6.